The van der Waals surface area contributed by atoms with Gasteiger partial charge in [0.2, 0.25) is 15.9 Å². The van der Waals surface area contributed by atoms with Crippen molar-refractivity contribution in [2.75, 3.05) is 25.0 Å². The minimum absolute atomic E-state index is 0.126. The van der Waals surface area contributed by atoms with E-state index in [-0.39, 0.29) is 23.3 Å². The molecule has 7 nitrogen and oxygen atoms in total. The number of piperidine rings is 1. The average Bonchev–Trinajstić information content (AvgIpc) is 3.62. The van der Waals surface area contributed by atoms with Crippen LogP contribution in [0.5, 0.6) is 0 Å². The Bertz CT molecular complexity index is 1130. The maximum Gasteiger partial charge on any atom is 0.316 e. The van der Waals surface area contributed by atoms with E-state index < -0.39 is 21.4 Å². The molecule has 0 aromatic heterocycles. The second kappa shape index (κ2) is 9.44. The molecule has 1 atom stereocenters. The fourth-order valence-electron chi connectivity index (χ4n) is 4.25. The molecular formula is C24H27ClN2O5S. The molecule has 9 heteroatoms. The number of amides is 1. The van der Waals surface area contributed by atoms with Crippen LogP contribution in [0, 0.1) is 5.92 Å². The third kappa shape index (κ3) is 4.93. The van der Waals surface area contributed by atoms with Crippen molar-refractivity contribution in [1.82, 2.24) is 4.31 Å². The third-order valence-corrected chi connectivity index (χ3v) is 8.46. The minimum atomic E-state index is -3.70. The van der Waals surface area contributed by atoms with Crippen molar-refractivity contribution in [2.45, 2.75) is 42.9 Å². The van der Waals surface area contributed by atoms with E-state index in [0.717, 1.165) is 18.4 Å². The van der Waals surface area contributed by atoms with Crippen molar-refractivity contribution in [3.8, 4) is 0 Å². The van der Waals surface area contributed by atoms with E-state index in [1.807, 2.05) is 12.1 Å². The number of hydrogen-bond donors (Lipinski definition) is 1. The second-order valence-electron chi connectivity index (χ2n) is 8.53. The maximum absolute atomic E-state index is 13.0. The summed E-state index contributed by atoms with van der Waals surface area (Å²) in [7, 11) is -3.70. The predicted octanol–water partition coefficient (Wildman–Crippen LogP) is 3.97. The van der Waals surface area contributed by atoms with Crippen molar-refractivity contribution in [3.63, 3.8) is 0 Å². The Morgan fingerprint density at radius 3 is 2.39 bits per heavy atom. The third-order valence-electron chi connectivity index (χ3n) is 6.33. The van der Waals surface area contributed by atoms with Crippen LogP contribution in [0.2, 0.25) is 5.02 Å². The van der Waals surface area contributed by atoms with Crippen LogP contribution in [0.15, 0.2) is 53.4 Å². The Kier molecular flexibility index (Phi) is 6.79. The molecule has 1 N–H and O–H groups in total. The molecule has 0 radical (unpaired) electrons. The van der Waals surface area contributed by atoms with E-state index in [2.05, 4.69) is 5.32 Å². The van der Waals surface area contributed by atoms with Crippen LogP contribution in [0.4, 0.5) is 5.69 Å². The summed E-state index contributed by atoms with van der Waals surface area (Å²) in [5.74, 6) is -0.869. The van der Waals surface area contributed by atoms with Gasteiger partial charge in [0.1, 0.15) is 0 Å². The zero-order valence-corrected chi connectivity index (χ0v) is 20.0. The van der Waals surface area contributed by atoms with Crippen molar-refractivity contribution in [3.05, 3.63) is 59.1 Å². The number of carbonyl (C=O) groups excluding carboxylic acids is 2. The van der Waals surface area contributed by atoms with Crippen LogP contribution in [-0.2, 0) is 29.8 Å². The summed E-state index contributed by atoms with van der Waals surface area (Å²) >= 11 is 5.87. The van der Waals surface area contributed by atoms with Gasteiger partial charge in [0.15, 0.2) is 0 Å². The summed E-state index contributed by atoms with van der Waals surface area (Å²) in [4.78, 5) is 25.3. The number of nitrogens with one attached hydrogen (secondary N) is 1. The van der Waals surface area contributed by atoms with Crippen LogP contribution in [0.25, 0.3) is 0 Å². The number of anilines is 1. The van der Waals surface area contributed by atoms with Crippen LogP contribution >= 0.6 is 11.6 Å². The standard InChI is InChI=1S/C24H27ClN2O5S/c1-2-32-23(29)24(13-14-24)18-5-9-20(10-6-18)26-22(28)17-4-3-15-27(16-17)33(30,31)21-11-7-19(25)8-12-21/h5-12,17H,2-4,13-16H2,1H3,(H,26,28)/t17-/m0/s1. The molecule has 2 aromatic rings. The van der Waals surface area contributed by atoms with Gasteiger partial charge in [-0.15, -0.1) is 0 Å². The largest absolute Gasteiger partial charge is 0.465 e. The van der Waals surface area contributed by atoms with E-state index in [0.29, 0.717) is 36.7 Å². The number of sulfonamides is 1. The van der Waals surface area contributed by atoms with E-state index in [9.17, 15) is 18.0 Å². The smallest absolute Gasteiger partial charge is 0.316 e. The van der Waals surface area contributed by atoms with Gasteiger partial charge >= 0.3 is 5.97 Å². The molecule has 1 saturated heterocycles. The predicted molar refractivity (Wildman–Crippen MR) is 126 cm³/mol. The summed E-state index contributed by atoms with van der Waals surface area (Å²) in [6.45, 7) is 2.64. The van der Waals surface area contributed by atoms with Crippen LogP contribution < -0.4 is 5.32 Å². The zero-order valence-electron chi connectivity index (χ0n) is 18.4. The lowest BCUT2D eigenvalue weighted by atomic mass is 9.95. The summed E-state index contributed by atoms with van der Waals surface area (Å²) in [5.41, 5.74) is 0.941. The maximum atomic E-state index is 13.0. The first kappa shape index (κ1) is 23.7. The number of benzene rings is 2. The molecule has 2 aliphatic rings. The average molecular weight is 491 g/mol. The molecule has 0 bridgehead atoms. The van der Waals surface area contributed by atoms with Gasteiger partial charge in [0, 0.05) is 23.8 Å². The van der Waals surface area contributed by atoms with Crippen molar-refractivity contribution in [2.24, 2.45) is 5.92 Å². The lowest BCUT2D eigenvalue weighted by molar-refractivity contribution is -0.146. The van der Waals surface area contributed by atoms with Gasteiger partial charge in [0.25, 0.3) is 0 Å². The molecule has 2 fully saturated rings. The molecule has 1 amide bonds. The Hall–Kier alpha value is -2.42. The number of ether oxygens (including phenoxy) is 1. The van der Waals surface area contributed by atoms with Crippen LogP contribution in [0.3, 0.4) is 0 Å². The number of hydrogen-bond acceptors (Lipinski definition) is 5. The first-order valence-electron chi connectivity index (χ1n) is 11.1. The first-order valence-corrected chi connectivity index (χ1v) is 12.9. The Morgan fingerprint density at radius 1 is 1.12 bits per heavy atom. The van der Waals surface area contributed by atoms with Crippen LogP contribution in [0.1, 0.15) is 38.2 Å². The Labute approximate surface area is 199 Å². The monoisotopic (exact) mass is 490 g/mol. The van der Waals surface area contributed by atoms with Crippen molar-refractivity contribution >= 4 is 39.2 Å². The fraction of sp³-hybridized carbons (Fsp3) is 0.417. The molecule has 1 aliphatic carbocycles. The summed E-state index contributed by atoms with van der Waals surface area (Å²) < 4.78 is 32.5. The Balaban J connectivity index is 1.40. The number of halogens is 1. The molecule has 2 aromatic carbocycles. The highest BCUT2D eigenvalue weighted by Gasteiger charge is 2.52. The zero-order chi connectivity index (χ0) is 23.6. The highest BCUT2D eigenvalue weighted by Crippen LogP contribution is 2.49. The molecule has 176 valence electrons. The van der Waals surface area contributed by atoms with E-state index in [4.69, 9.17) is 16.3 Å². The lowest BCUT2D eigenvalue weighted by Crippen LogP contribution is -2.43. The Morgan fingerprint density at radius 2 is 1.79 bits per heavy atom. The van der Waals surface area contributed by atoms with Gasteiger partial charge in [-0.1, -0.05) is 23.7 Å². The van der Waals surface area contributed by atoms with Gasteiger partial charge in [0.05, 0.1) is 22.8 Å². The summed E-state index contributed by atoms with van der Waals surface area (Å²) in [6, 6.07) is 13.3. The number of carbonyl (C=O) groups is 2. The molecule has 0 unspecified atom stereocenters. The molecule has 0 spiro atoms. The van der Waals surface area contributed by atoms with Crippen molar-refractivity contribution in [1.29, 1.82) is 0 Å². The SMILES string of the molecule is CCOC(=O)C1(c2ccc(NC(=O)[C@H]3CCCN(S(=O)(=O)c4ccc(Cl)cc4)C3)cc2)CC1. The highest BCUT2D eigenvalue weighted by atomic mass is 35.5. The molecular weight excluding hydrogens is 464 g/mol. The normalized spacial score (nSPS) is 20.1. The van der Waals surface area contributed by atoms with E-state index in [1.54, 1.807) is 31.2 Å². The van der Waals surface area contributed by atoms with E-state index in [1.165, 1.54) is 16.4 Å². The number of nitrogens with zero attached hydrogens (tertiary/aromatic N) is 1. The minimum Gasteiger partial charge on any atom is -0.465 e. The molecule has 1 aliphatic heterocycles. The summed E-state index contributed by atoms with van der Waals surface area (Å²) in [6.07, 6.45) is 2.74. The molecule has 1 heterocycles. The van der Waals surface area contributed by atoms with Gasteiger partial charge in [-0.2, -0.15) is 4.31 Å². The highest BCUT2D eigenvalue weighted by molar-refractivity contribution is 7.89. The van der Waals surface area contributed by atoms with Gasteiger partial charge in [-0.05, 0) is 74.6 Å². The summed E-state index contributed by atoms with van der Waals surface area (Å²) in [5, 5.41) is 3.35. The topological polar surface area (TPSA) is 92.8 Å². The molecule has 33 heavy (non-hydrogen) atoms. The molecule has 1 saturated carbocycles. The quantitative estimate of drug-likeness (QED) is 0.593. The molecule has 4 rings (SSSR count). The number of esters is 1. The number of rotatable bonds is 7. The lowest BCUT2D eigenvalue weighted by Gasteiger charge is -2.31. The van der Waals surface area contributed by atoms with Crippen molar-refractivity contribution < 1.29 is 22.7 Å². The first-order chi connectivity index (χ1) is 15.8. The van der Waals surface area contributed by atoms with Gasteiger partial charge in [-0.25, -0.2) is 8.42 Å². The fourth-order valence-corrected chi connectivity index (χ4v) is 5.90. The van der Waals surface area contributed by atoms with Crippen LogP contribution in [-0.4, -0.2) is 44.3 Å². The van der Waals surface area contributed by atoms with Gasteiger partial charge < -0.3 is 10.1 Å². The second-order valence-corrected chi connectivity index (χ2v) is 10.9. The van der Waals surface area contributed by atoms with Gasteiger partial charge in [-0.3, -0.25) is 9.59 Å². The van der Waals surface area contributed by atoms with E-state index >= 15 is 0 Å².